The monoisotopic (exact) mass is 474 g/mol. The number of aryl methyl sites for hydroxylation is 1. The first-order valence-corrected chi connectivity index (χ1v) is 11.7. The van der Waals surface area contributed by atoms with Gasteiger partial charge in [-0.05, 0) is 24.6 Å². The van der Waals surface area contributed by atoms with Gasteiger partial charge in [-0.1, -0.05) is 59.9 Å². The SMILES string of the molecule is Cc1ccc(N2CC(C)C[N+]3=C2N=C2C3C(=O)N(CC(=O)OCc3ccccc3)C(=O)N2C)cc1. The van der Waals surface area contributed by atoms with Crippen LogP contribution in [0.15, 0.2) is 59.6 Å². The zero-order chi connectivity index (χ0) is 24.7. The quantitative estimate of drug-likeness (QED) is 0.490. The van der Waals surface area contributed by atoms with Gasteiger partial charge in [0.15, 0.2) is 0 Å². The first kappa shape index (κ1) is 22.8. The third kappa shape index (κ3) is 4.18. The molecular weight excluding hydrogens is 446 g/mol. The molecule has 5 rings (SSSR count). The number of rotatable bonds is 5. The summed E-state index contributed by atoms with van der Waals surface area (Å²) < 4.78 is 7.26. The molecule has 2 unspecified atom stereocenters. The zero-order valence-corrected chi connectivity index (χ0v) is 20.0. The van der Waals surface area contributed by atoms with Gasteiger partial charge in [0.05, 0.1) is 13.1 Å². The van der Waals surface area contributed by atoms with E-state index in [9.17, 15) is 14.4 Å². The Morgan fingerprint density at radius 1 is 1.11 bits per heavy atom. The molecule has 9 heteroatoms. The van der Waals surface area contributed by atoms with Crippen LogP contribution in [0.2, 0.25) is 0 Å². The number of imide groups is 1. The number of carbonyl (C=O) groups excluding carboxylic acids is 3. The summed E-state index contributed by atoms with van der Waals surface area (Å²) in [6.07, 6.45) is 0. The van der Waals surface area contributed by atoms with Crippen molar-refractivity contribution in [3.63, 3.8) is 0 Å². The molecule has 180 valence electrons. The average molecular weight is 475 g/mol. The number of urea groups is 1. The summed E-state index contributed by atoms with van der Waals surface area (Å²) in [7, 11) is 1.58. The lowest BCUT2D eigenvalue weighted by molar-refractivity contribution is -0.545. The van der Waals surface area contributed by atoms with Crippen molar-refractivity contribution >= 4 is 35.4 Å². The van der Waals surface area contributed by atoms with Crippen molar-refractivity contribution in [2.45, 2.75) is 26.5 Å². The summed E-state index contributed by atoms with van der Waals surface area (Å²) in [5, 5.41) is 0. The molecule has 0 aliphatic carbocycles. The maximum atomic E-state index is 13.5. The Labute approximate surface area is 203 Å². The minimum Gasteiger partial charge on any atom is -0.459 e. The maximum absolute atomic E-state index is 13.5. The standard InChI is InChI=1S/C26H28N5O4/c1-17-9-11-20(12-10-17)29-13-18(2)14-30-22-23(27-25(29)30)28(3)26(34)31(24(22)33)15-21(32)35-16-19-7-5-4-6-8-19/h4-12,18,22H,13-16H2,1-3H3/q+1. The van der Waals surface area contributed by atoms with Crippen LogP contribution in [0.4, 0.5) is 10.5 Å². The van der Waals surface area contributed by atoms with Gasteiger partial charge in [0, 0.05) is 13.0 Å². The number of likely N-dealkylation sites (N-methyl/N-ethyl adjacent to an activating group) is 1. The molecule has 1 saturated heterocycles. The largest absolute Gasteiger partial charge is 0.459 e. The van der Waals surface area contributed by atoms with Crippen LogP contribution in [-0.2, 0) is 20.9 Å². The van der Waals surface area contributed by atoms with Gasteiger partial charge in [-0.15, -0.1) is 0 Å². The minimum atomic E-state index is -0.759. The van der Waals surface area contributed by atoms with Crippen molar-refractivity contribution < 1.29 is 23.7 Å². The molecule has 2 aromatic rings. The molecule has 3 aliphatic heterocycles. The predicted molar refractivity (Wildman–Crippen MR) is 130 cm³/mol. The Balaban J connectivity index is 1.39. The molecule has 0 aromatic heterocycles. The van der Waals surface area contributed by atoms with Crippen LogP contribution in [0.3, 0.4) is 0 Å². The van der Waals surface area contributed by atoms with Crippen LogP contribution in [-0.4, -0.2) is 76.8 Å². The van der Waals surface area contributed by atoms with Crippen LogP contribution in [0, 0.1) is 12.8 Å². The second-order valence-electron chi connectivity index (χ2n) is 9.29. The van der Waals surface area contributed by atoms with Crippen LogP contribution in [0.1, 0.15) is 18.1 Å². The number of benzene rings is 2. The highest BCUT2D eigenvalue weighted by Crippen LogP contribution is 2.28. The number of amidine groups is 1. The van der Waals surface area contributed by atoms with E-state index in [4.69, 9.17) is 9.73 Å². The Hall–Kier alpha value is -4.01. The van der Waals surface area contributed by atoms with Crippen molar-refractivity contribution in [1.82, 2.24) is 9.80 Å². The van der Waals surface area contributed by atoms with Gasteiger partial charge >= 0.3 is 18.0 Å². The van der Waals surface area contributed by atoms with Gasteiger partial charge in [-0.2, -0.15) is 0 Å². The van der Waals surface area contributed by atoms with E-state index in [1.54, 1.807) is 7.05 Å². The summed E-state index contributed by atoms with van der Waals surface area (Å²) in [6.45, 7) is 5.16. The van der Waals surface area contributed by atoms with E-state index >= 15 is 0 Å². The summed E-state index contributed by atoms with van der Waals surface area (Å²) >= 11 is 0. The maximum Gasteiger partial charge on any atom is 0.397 e. The molecule has 3 heterocycles. The molecule has 2 atom stereocenters. The third-order valence-corrected chi connectivity index (χ3v) is 6.51. The fraction of sp³-hybridized carbons (Fsp3) is 0.346. The van der Waals surface area contributed by atoms with Crippen LogP contribution < -0.4 is 4.90 Å². The topological polar surface area (TPSA) is 85.5 Å². The molecular formula is C26H28N5O4+. The van der Waals surface area contributed by atoms with Crippen molar-refractivity contribution in [3.05, 3.63) is 65.7 Å². The number of carbonyl (C=O) groups is 3. The zero-order valence-electron chi connectivity index (χ0n) is 20.0. The van der Waals surface area contributed by atoms with Gasteiger partial charge in [0.2, 0.25) is 11.9 Å². The van der Waals surface area contributed by atoms with Crippen molar-refractivity contribution in [3.8, 4) is 0 Å². The smallest absolute Gasteiger partial charge is 0.397 e. The van der Waals surface area contributed by atoms with Crippen LogP contribution >= 0.6 is 0 Å². The molecule has 0 radical (unpaired) electrons. The third-order valence-electron chi connectivity index (χ3n) is 6.51. The number of hydrogen-bond acceptors (Lipinski definition) is 6. The van der Waals surface area contributed by atoms with E-state index in [2.05, 4.69) is 11.8 Å². The molecule has 1 fully saturated rings. The molecule has 0 bridgehead atoms. The summed E-state index contributed by atoms with van der Waals surface area (Å²) in [5.74, 6) is 0.189. The van der Waals surface area contributed by atoms with E-state index in [1.165, 1.54) is 4.90 Å². The highest BCUT2D eigenvalue weighted by Gasteiger charge is 2.55. The van der Waals surface area contributed by atoms with E-state index < -0.39 is 30.5 Å². The lowest BCUT2D eigenvalue weighted by Crippen LogP contribution is -2.64. The number of aliphatic imine (C=N–C) groups is 1. The van der Waals surface area contributed by atoms with Gasteiger partial charge in [-0.25, -0.2) is 19.2 Å². The van der Waals surface area contributed by atoms with Crippen LogP contribution in [0.5, 0.6) is 0 Å². The molecule has 0 N–H and O–H groups in total. The fourth-order valence-electron chi connectivity index (χ4n) is 4.70. The number of guanidine groups is 1. The molecule has 0 saturated carbocycles. The normalized spacial score (nSPS) is 21.7. The number of fused-ring (bicyclic) bond motifs is 2. The summed E-state index contributed by atoms with van der Waals surface area (Å²) in [6, 6.07) is 16.1. The van der Waals surface area contributed by atoms with Gasteiger partial charge in [-0.3, -0.25) is 14.5 Å². The summed E-state index contributed by atoms with van der Waals surface area (Å²) in [4.78, 5) is 48.3. The Kier molecular flexibility index (Phi) is 5.84. The molecule has 35 heavy (non-hydrogen) atoms. The van der Waals surface area contributed by atoms with E-state index in [1.807, 2.05) is 66.1 Å². The van der Waals surface area contributed by atoms with Crippen molar-refractivity contribution in [2.75, 3.05) is 31.6 Å². The van der Waals surface area contributed by atoms with Gasteiger partial charge in [0.1, 0.15) is 18.8 Å². The lowest BCUT2D eigenvalue weighted by atomic mass is 10.1. The van der Waals surface area contributed by atoms with Crippen LogP contribution in [0.25, 0.3) is 0 Å². The molecule has 2 aromatic carbocycles. The predicted octanol–water partition coefficient (Wildman–Crippen LogP) is 2.24. The Morgan fingerprint density at radius 3 is 2.54 bits per heavy atom. The first-order valence-electron chi connectivity index (χ1n) is 11.7. The number of anilines is 1. The highest BCUT2D eigenvalue weighted by atomic mass is 16.5. The lowest BCUT2D eigenvalue weighted by Gasteiger charge is -2.35. The average Bonchev–Trinajstić information content (AvgIpc) is 3.24. The number of esters is 1. The number of nitrogens with zero attached hydrogens (tertiary/aromatic N) is 5. The second-order valence-corrected chi connectivity index (χ2v) is 9.29. The molecule has 0 spiro atoms. The first-order chi connectivity index (χ1) is 16.8. The Morgan fingerprint density at radius 2 is 1.83 bits per heavy atom. The number of amides is 3. The molecule has 3 amide bonds. The van der Waals surface area contributed by atoms with Gasteiger partial charge in [0.25, 0.3) is 5.91 Å². The van der Waals surface area contributed by atoms with E-state index in [0.29, 0.717) is 18.3 Å². The number of ether oxygens (including phenoxy) is 1. The second kappa shape index (κ2) is 8.98. The van der Waals surface area contributed by atoms with E-state index in [0.717, 1.165) is 28.3 Å². The minimum absolute atomic E-state index is 0.0783. The number of hydrogen-bond donors (Lipinski definition) is 0. The highest BCUT2D eigenvalue weighted by molar-refractivity contribution is 6.24. The van der Waals surface area contributed by atoms with E-state index in [-0.39, 0.29) is 12.5 Å². The van der Waals surface area contributed by atoms with Crippen molar-refractivity contribution in [1.29, 1.82) is 0 Å². The molecule has 3 aliphatic rings. The molecule has 9 nitrogen and oxygen atoms in total. The van der Waals surface area contributed by atoms with Gasteiger partial charge < -0.3 is 4.74 Å². The summed E-state index contributed by atoms with van der Waals surface area (Å²) in [5.41, 5.74) is 2.97. The fourth-order valence-corrected chi connectivity index (χ4v) is 4.70. The van der Waals surface area contributed by atoms with Crippen molar-refractivity contribution in [2.24, 2.45) is 10.9 Å². The Bertz CT molecular complexity index is 1240.